The van der Waals surface area contributed by atoms with Gasteiger partial charge in [-0.1, -0.05) is 20.8 Å². The molecular formula is C16H32N4. The third-order valence-electron chi connectivity index (χ3n) is 4.71. The molecule has 20 heavy (non-hydrogen) atoms. The van der Waals surface area contributed by atoms with E-state index in [1.165, 1.54) is 0 Å². The van der Waals surface area contributed by atoms with Crippen molar-refractivity contribution in [2.75, 3.05) is 20.6 Å². The second-order valence-electron chi connectivity index (χ2n) is 5.87. The SMILES string of the molecule is CCCNC(Cc1nccn1C)C(CC)(CC)N(C)C. The summed E-state index contributed by atoms with van der Waals surface area (Å²) < 4.78 is 2.13. The van der Waals surface area contributed by atoms with Crippen molar-refractivity contribution in [1.82, 2.24) is 19.8 Å². The van der Waals surface area contributed by atoms with Crippen molar-refractivity contribution in [2.45, 2.75) is 58.0 Å². The monoisotopic (exact) mass is 280 g/mol. The summed E-state index contributed by atoms with van der Waals surface area (Å²) in [6, 6.07) is 0.425. The highest BCUT2D eigenvalue weighted by Gasteiger charge is 2.37. The van der Waals surface area contributed by atoms with Gasteiger partial charge in [0.25, 0.3) is 0 Å². The normalized spacial score (nSPS) is 13.9. The van der Waals surface area contributed by atoms with Crippen molar-refractivity contribution >= 4 is 0 Å². The third kappa shape index (κ3) is 3.61. The van der Waals surface area contributed by atoms with Gasteiger partial charge in [-0.05, 0) is 39.9 Å². The Balaban J connectivity index is 3.00. The highest BCUT2D eigenvalue weighted by atomic mass is 15.2. The summed E-state index contributed by atoms with van der Waals surface area (Å²) in [7, 11) is 6.48. The summed E-state index contributed by atoms with van der Waals surface area (Å²) in [5.41, 5.74) is 0.182. The van der Waals surface area contributed by atoms with Crippen molar-refractivity contribution in [3.63, 3.8) is 0 Å². The molecule has 0 aromatic carbocycles. The Morgan fingerprint density at radius 2 is 1.95 bits per heavy atom. The molecule has 116 valence electrons. The van der Waals surface area contributed by atoms with Gasteiger partial charge in [0.15, 0.2) is 0 Å². The van der Waals surface area contributed by atoms with Crippen LogP contribution >= 0.6 is 0 Å². The molecule has 0 aliphatic heterocycles. The number of aromatic nitrogens is 2. The fourth-order valence-electron chi connectivity index (χ4n) is 3.23. The Morgan fingerprint density at radius 3 is 2.35 bits per heavy atom. The quantitative estimate of drug-likeness (QED) is 0.754. The molecule has 0 spiro atoms. The van der Waals surface area contributed by atoms with E-state index < -0.39 is 0 Å². The molecule has 0 aliphatic carbocycles. The molecule has 1 aromatic heterocycles. The van der Waals surface area contributed by atoms with Gasteiger partial charge in [-0.15, -0.1) is 0 Å². The van der Waals surface area contributed by atoms with Crippen LogP contribution < -0.4 is 5.32 Å². The van der Waals surface area contributed by atoms with Gasteiger partial charge in [-0.25, -0.2) is 4.98 Å². The highest BCUT2D eigenvalue weighted by Crippen LogP contribution is 2.27. The van der Waals surface area contributed by atoms with E-state index in [-0.39, 0.29) is 5.54 Å². The van der Waals surface area contributed by atoms with Crippen molar-refractivity contribution in [1.29, 1.82) is 0 Å². The molecule has 0 radical (unpaired) electrons. The molecule has 1 N–H and O–H groups in total. The van der Waals surface area contributed by atoms with E-state index in [1.54, 1.807) is 0 Å². The topological polar surface area (TPSA) is 33.1 Å². The molecule has 1 aromatic rings. The Labute approximate surface area is 124 Å². The van der Waals surface area contributed by atoms with Crippen molar-refractivity contribution < 1.29 is 0 Å². The second kappa shape index (κ2) is 7.79. The molecule has 0 aliphatic rings. The van der Waals surface area contributed by atoms with Crippen LogP contribution in [-0.2, 0) is 13.5 Å². The van der Waals surface area contributed by atoms with Crippen LogP contribution in [0.15, 0.2) is 12.4 Å². The van der Waals surface area contributed by atoms with Crippen LogP contribution in [0.5, 0.6) is 0 Å². The second-order valence-corrected chi connectivity index (χ2v) is 5.87. The largest absolute Gasteiger partial charge is 0.338 e. The molecular weight excluding hydrogens is 248 g/mol. The van der Waals surface area contributed by atoms with Crippen LogP contribution in [-0.4, -0.2) is 46.7 Å². The highest BCUT2D eigenvalue weighted by molar-refractivity contribution is 5.04. The van der Waals surface area contributed by atoms with Gasteiger partial charge < -0.3 is 14.8 Å². The lowest BCUT2D eigenvalue weighted by Gasteiger charge is -2.45. The zero-order chi connectivity index (χ0) is 15.2. The molecule has 1 rings (SSSR count). The number of likely N-dealkylation sites (N-methyl/N-ethyl adjacent to an activating group) is 1. The first-order valence-corrected chi connectivity index (χ1v) is 7.88. The predicted octanol–water partition coefficient (Wildman–Crippen LogP) is 2.45. The van der Waals surface area contributed by atoms with Crippen LogP contribution in [0, 0.1) is 0 Å². The fraction of sp³-hybridized carbons (Fsp3) is 0.812. The number of rotatable bonds is 9. The maximum atomic E-state index is 4.51. The molecule has 1 heterocycles. The smallest absolute Gasteiger partial charge is 0.109 e. The van der Waals surface area contributed by atoms with E-state index in [2.05, 4.69) is 61.7 Å². The summed E-state index contributed by atoms with van der Waals surface area (Å²) in [5, 5.41) is 3.76. The van der Waals surface area contributed by atoms with E-state index in [4.69, 9.17) is 0 Å². The Kier molecular flexibility index (Phi) is 6.69. The summed E-state index contributed by atoms with van der Waals surface area (Å²) in [6.45, 7) is 7.87. The average Bonchev–Trinajstić information content (AvgIpc) is 2.82. The fourth-order valence-corrected chi connectivity index (χ4v) is 3.23. The lowest BCUT2D eigenvalue weighted by Crippen LogP contribution is -2.59. The van der Waals surface area contributed by atoms with Crippen LogP contribution in [0.25, 0.3) is 0 Å². The van der Waals surface area contributed by atoms with Gasteiger partial charge in [0, 0.05) is 37.4 Å². The maximum Gasteiger partial charge on any atom is 0.109 e. The predicted molar refractivity (Wildman–Crippen MR) is 86.0 cm³/mol. The Hall–Kier alpha value is -0.870. The first-order chi connectivity index (χ1) is 9.51. The van der Waals surface area contributed by atoms with Gasteiger partial charge in [-0.3, -0.25) is 0 Å². The molecule has 0 bridgehead atoms. The van der Waals surface area contributed by atoms with Crippen LogP contribution in [0.2, 0.25) is 0 Å². The van der Waals surface area contributed by atoms with Crippen LogP contribution in [0.3, 0.4) is 0 Å². The molecule has 0 saturated heterocycles. The van der Waals surface area contributed by atoms with Crippen LogP contribution in [0.4, 0.5) is 0 Å². The van der Waals surface area contributed by atoms with E-state index in [9.17, 15) is 0 Å². The van der Waals surface area contributed by atoms with E-state index in [0.717, 1.165) is 38.1 Å². The van der Waals surface area contributed by atoms with Crippen LogP contribution in [0.1, 0.15) is 45.9 Å². The minimum atomic E-state index is 0.182. The molecule has 1 unspecified atom stereocenters. The molecule has 0 saturated carbocycles. The van der Waals surface area contributed by atoms with Crippen molar-refractivity contribution in [3.05, 3.63) is 18.2 Å². The zero-order valence-corrected chi connectivity index (χ0v) is 14.1. The lowest BCUT2D eigenvalue weighted by atomic mass is 9.81. The standard InChI is InChI=1S/C16H32N4/c1-7-10-17-14(13-15-18-11-12-20(15)6)16(8-2,9-3)19(4)5/h11-12,14,17H,7-10,13H2,1-6H3. The molecule has 1 atom stereocenters. The number of hydrogen-bond donors (Lipinski definition) is 1. The number of nitrogens with one attached hydrogen (secondary N) is 1. The Morgan fingerprint density at radius 1 is 1.30 bits per heavy atom. The van der Waals surface area contributed by atoms with Crippen molar-refractivity contribution in [3.8, 4) is 0 Å². The molecule has 0 fully saturated rings. The Bertz CT molecular complexity index is 380. The first-order valence-electron chi connectivity index (χ1n) is 7.88. The van der Waals surface area contributed by atoms with Gasteiger partial charge in [0.05, 0.1) is 0 Å². The average molecular weight is 280 g/mol. The zero-order valence-electron chi connectivity index (χ0n) is 14.1. The minimum Gasteiger partial charge on any atom is -0.338 e. The van der Waals surface area contributed by atoms with Crippen molar-refractivity contribution in [2.24, 2.45) is 7.05 Å². The summed E-state index contributed by atoms with van der Waals surface area (Å²) in [4.78, 5) is 6.90. The van der Waals surface area contributed by atoms with Gasteiger partial charge in [0.1, 0.15) is 5.82 Å². The van der Waals surface area contributed by atoms with Gasteiger partial charge in [-0.2, -0.15) is 0 Å². The summed E-state index contributed by atoms with van der Waals surface area (Å²) in [6.07, 6.45) is 8.34. The third-order valence-corrected chi connectivity index (χ3v) is 4.71. The molecule has 4 heteroatoms. The van der Waals surface area contributed by atoms with Gasteiger partial charge >= 0.3 is 0 Å². The number of imidazole rings is 1. The molecule has 4 nitrogen and oxygen atoms in total. The van der Waals surface area contributed by atoms with E-state index >= 15 is 0 Å². The molecule has 0 amide bonds. The lowest BCUT2D eigenvalue weighted by molar-refractivity contribution is 0.0869. The van der Waals surface area contributed by atoms with E-state index in [0.29, 0.717) is 6.04 Å². The van der Waals surface area contributed by atoms with E-state index in [1.807, 2.05) is 12.4 Å². The number of aryl methyl sites for hydroxylation is 1. The minimum absolute atomic E-state index is 0.182. The first kappa shape index (κ1) is 17.2. The van der Waals surface area contributed by atoms with Gasteiger partial charge in [0.2, 0.25) is 0 Å². The summed E-state index contributed by atoms with van der Waals surface area (Å²) in [5.74, 6) is 1.16. The summed E-state index contributed by atoms with van der Waals surface area (Å²) >= 11 is 0. The number of nitrogens with zero attached hydrogens (tertiary/aromatic N) is 3. The number of hydrogen-bond acceptors (Lipinski definition) is 3. The maximum absolute atomic E-state index is 4.51.